The molecule has 0 saturated carbocycles. The molecular weight excluding hydrogens is 606 g/mol. The summed E-state index contributed by atoms with van der Waals surface area (Å²) in [7, 11) is -4.21. The third-order valence-electron chi connectivity index (χ3n) is 7.31. The van der Waals surface area contributed by atoms with Crippen LogP contribution >= 0.6 is 11.6 Å². The number of carbonyl (C=O) groups excluding carboxylic acids is 2. The SMILES string of the molecule is Cc1ccc(CN(C(=O)CN(c2ccccc2C)S(=O)(=O)c2ccc(Cl)cc2)C(Cc2ccccc2)C(=O)NC(C)(C)C)cc1. The number of sulfonamides is 1. The van der Waals surface area contributed by atoms with Crippen molar-refractivity contribution in [2.24, 2.45) is 0 Å². The lowest BCUT2D eigenvalue weighted by Crippen LogP contribution is -2.56. The highest BCUT2D eigenvalue weighted by atomic mass is 35.5. The van der Waals surface area contributed by atoms with Gasteiger partial charge in [0.15, 0.2) is 0 Å². The Labute approximate surface area is 271 Å². The molecule has 0 spiro atoms. The smallest absolute Gasteiger partial charge is 0.264 e. The second-order valence-electron chi connectivity index (χ2n) is 12.2. The Morgan fingerprint density at radius 1 is 0.800 bits per heavy atom. The van der Waals surface area contributed by atoms with E-state index in [-0.39, 0.29) is 23.8 Å². The summed E-state index contributed by atoms with van der Waals surface area (Å²) in [6, 6.07) is 29.2. The van der Waals surface area contributed by atoms with Gasteiger partial charge in [0.25, 0.3) is 10.0 Å². The van der Waals surface area contributed by atoms with Crippen LogP contribution in [0.2, 0.25) is 5.02 Å². The van der Waals surface area contributed by atoms with Crippen molar-refractivity contribution < 1.29 is 18.0 Å². The molecule has 0 aromatic heterocycles. The molecule has 0 fully saturated rings. The summed E-state index contributed by atoms with van der Waals surface area (Å²) in [6.07, 6.45) is 0.245. The third kappa shape index (κ3) is 8.96. The van der Waals surface area contributed by atoms with E-state index in [1.165, 1.54) is 29.2 Å². The fraction of sp³-hybridized carbons (Fsp3) is 0.278. The van der Waals surface area contributed by atoms with E-state index in [9.17, 15) is 18.0 Å². The van der Waals surface area contributed by atoms with Crippen LogP contribution in [0.3, 0.4) is 0 Å². The molecule has 7 nitrogen and oxygen atoms in total. The van der Waals surface area contributed by atoms with Crippen molar-refractivity contribution in [2.75, 3.05) is 10.8 Å². The molecule has 1 N–H and O–H groups in total. The van der Waals surface area contributed by atoms with Crippen molar-refractivity contribution in [1.82, 2.24) is 10.2 Å². The van der Waals surface area contributed by atoms with Gasteiger partial charge in [-0.05, 0) is 81.6 Å². The van der Waals surface area contributed by atoms with E-state index in [1.54, 1.807) is 25.1 Å². The van der Waals surface area contributed by atoms with E-state index < -0.39 is 34.1 Å². The van der Waals surface area contributed by atoms with Gasteiger partial charge in [0.1, 0.15) is 12.6 Å². The van der Waals surface area contributed by atoms with Crippen LogP contribution in [0.4, 0.5) is 5.69 Å². The van der Waals surface area contributed by atoms with E-state index in [2.05, 4.69) is 5.32 Å². The molecule has 0 aliphatic heterocycles. The van der Waals surface area contributed by atoms with Gasteiger partial charge in [0.2, 0.25) is 11.8 Å². The van der Waals surface area contributed by atoms with Crippen LogP contribution in [0, 0.1) is 13.8 Å². The van der Waals surface area contributed by atoms with Gasteiger partial charge in [-0.2, -0.15) is 0 Å². The van der Waals surface area contributed by atoms with Crippen molar-refractivity contribution >= 4 is 39.1 Å². The molecule has 0 aliphatic rings. The molecular formula is C36H40ClN3O4S. The zero-order valence-electron chi connectivity index (χ0n) is 26.3. The predicted molar refractivity (Wildman–Crippen MR) is 181 cm³/mol. The Balaban J connectivity index is 1.82. The highest BCUT2D eigenvalue weighted by Gasteiger charge is 2.36. The summed E-state index contributed by atoms with van der Waals surface area (Å²) in [5.74, 6) is -0.837. The van der Waals surface area contributed by atoms with Gasteiger partial charge in [-0.25, -0.2) is 8.42 Å². The minimum Gasteiger partial charge on any atom is -0.350 e. The van der Waals surface area contributed by atoms with E-state index in [0.717, 1.165) is 21.0 Å². The van der Waals surface area contributed by atoms with Crippen LogP contribution in [0.15, 0.2) is 108 Å². The number of hydrogen-bond acceptors (Lipinski definition) is 4. The van der Waals surface area contributed by atoms with Gasteiger partial charge in [-0.3, -0.25) is 13.9 Å². The summed E-state index contributed by atoms with van der Waals surface area (Å²) in [4.78, 5) is 30.0. The average Bonchev–Trinajstić information content (AvgIpc) is 2.99. The maximum absolute atomic E-state index is 14.6. The molecule has 9 heteroatoms. The molecule has 2 amide bonds. The van der Waals surface area contributed by atoms with E-state index >= 15 is 0 Å². The summed E-state index contributed by atoms with van der Waals surface area (Å²) < 4.78 is 29.5. The lowest BCUT2D eigenvalue weighted by Gasteiger charge is -2.35. The number of benzene rings is 4. The Kier molecular flexibility index (Phi) is 10.7. The number of nitrogens with zero attached hydrogens (tertiary/aromatic N) is 2. The highest BCUT2D eigenvalue weighted by molar-refractivity contribution is 7.92. The number of rotatable bonds is 11. The number of amides is 2. The Morgan fingerprint density at radius 3 is 2.00 bits per heavy atom. The molecule has 4 aromatic rings. The molecule has 0 aliphatic carbocycles. The molecule has 0 radical (unpaired) electrons. The summed E-state index contributed by atoms with van der Waals surface area (Å²) in [5.41, 5.74) is 3.24. The van der Waals surface area contributed by atoms with E-state index in [4.69, 9.17) is 11.6 Å². The first kappa shape index (κ1) is 33.7. The van der Waals surface area contributed by atoms with Crippen LogP contribution in [0.25, 0.3) is 0 Å². The summed E-state index contributed by atoms with van der Waals surface area (Å²) >= 11 is 6.07. The van der Waals surface area contributed by atoms with Crippen molar-refractivity contribution in [3.05, 3.63) is 130 Å². The van der Waals surface area contributed by atoms with Gasteiger partial charge in [0, 0.05) is 23.5 Å². The fourth-order valence-electron chi connectivity index (χ4n) is 4.99. The predicted octanol–water partition coefficient (Wildman–Crippen LogP) is 6.71. The van der Waals surface area contributed by atoms with Crippen molar-refractivity contribution in [3.63, 3.8) is 0 Å². The maximum Gasteiger partial charge on any atom is 0.264 e. The Bertz CT molecular complexity index is 1720. The summed E-state index contributed by atoms with van der Waals surface area (Å²) in [6.45, 7) is 9.01. The Hall–Kier alpha value is -4.14. The largest absolute Gasteiger partial charge is 0.350 e. The van der Waals surface area contributed by atoms with Crippen LogP contribution < -0.4 is 9.62 Å². The van der Waals surface area contributed by atoms with Crippen molar-refractivity contribution in [1.29, 1.82) is 0 Å². The zero-order valence-corrected chi connectivity index (χ0v) is 27.9. The summed E-state index contributed by atoms with van der Waals surface area (Å²) in [5, 5.41) is 3.44. The number of halogens is 1. The first-order chi connectivity index (χ1) is 21.2. The number of hydrogen-bond donors (Lipinski definition) is 1. The minimum atomic E-state index is -4.21. The molecule has 4 rings (SSSR count). The topological polar surface area (TPSA) is 86.8 Å². The zero-order chi connectivity index (χ0) is 32.8. The van der Waals surface area contributed by atoms with E-state index in [1.807, 2.05) is 88.4 Å². The molecule has 0 saturated heterocycles. The first-order valence-electron chi connectivity index (χ1n) is 14.8. The molecule has 0 bridgehead atoms. The van der Waals surface area contributed by atoms with Crippen LogP contribution in [0.5, 0.6) is 0 Å². The number of aryl methyl sites for hydroxylation is 2. The van der Waals surface area contributed by atoms with Gasteiger partial charge < -0.3 is 10.2 Å². The van der Waals surface area contributed by atoms with Crippen LogP contribution in [-0.4, -0.2) is 43.3 Å². The number of para-hydroxylation sites is 1. The normalized spacial score (nSPS) is 12.3. The van der Waals surface area contributed by atoms with Crippen LogP contribution in [-0.2, 0) is 32.6 Å². The van der Waals surface area contributed by atoms with Gasteiger partial charge in [-0.15, -0.1) is 0 Å². The molecule has 1 unspecified atom stereocenters. The Morgan fingerprint density at radius 2 is 1.40 bits per heavy atom. The van der Waals surface area contributed by atoms with Gasteiger partial charge >= 0.3 is 0 Å². The fourth-order valence-corrected chi connectivity index (χ4v) is 6.59. The first-order valence-corrected chi connectivity index (χ1v) is 16.6. The van der Waals surface area contributed by atoms with Gasteiger partial charge in [0.05, 0.1) is 10.6 Å². The second-order valence-corrected chi connectivity index (χ2v) is 14.5. The quantitative estimate of drug-likeness (QED) is 0.197. The molecule has 4 aromatic carbocycles. The number of anilines is 1. The standard InChI is InChI=1S/C36H40ClN3O4S/c1-26-15-17-29(18-16-26)24-39(33(35(42)38-36(3,4)5)23-28-12-7-6-8-13-28)34(41)25-40(32-14-10-9-11-27(32)2)45(43,44)31-21-19-30(37)20-22-31/h6-22,33H,23-25H2,1-5H3,(H,38,42). The lowest BCUT2D eigenvalue weighted by atomic mass is 10.0. The monoisotopic (exact) mass is 645 g/mol. The maximum atomic E-state index is 14.6. The molecule has 0 heterocycles. The van der Waals surface area contributed by atoms with Crippen LogP contribution in [0.1, 0.15) is 43.0 Å². The minimum absolute atomic E-state index is 0.000603. The van der Waals surface area contributed by atoms with Crippen molar-refractivity contribution in [3.8, 4) is 0 Å². The average molecular weight is 646 g/mol. The van der Waals surface area contributed by atoms with Crippen molar-refractivity contribution in [2.45, 2.75) is 64.1 Å². The highest BCUT2D eigenvalue weighted by Crippen LogP contribution is 2.28. The van der Waals surface area contributed by atoms with E-state index in [0.29, 0.717) is 16.3 Å². The number of carbonyl (C=O) groups is 2. The second kappa shape index (κ2) is 14.3. The molecule has 236 valence electrons. The molecule has 45 heavy (non-hydrogen) atoms. The molecule has 1 atom stereocenters. The lowest BCUT2D eigenvalue weighted by molar-refractivity contribution is -0.140. The third-order valence-corrected chi connectivity index (χ3v) is 9.33. The van der Waals surface area contributed by atoms with Gasteiger partial charge in [-0.1, -0.05) is 90.0 Å². The number of nitrogens with one attached hydrogen (secondary N) is 1.